The van der Waals surface area contributed by atoms with Crippen molar-refractivity contribution in [2.75, 3.05) is 7.11 Å². The van der Waals surface area contributed by atoms with Crippen LogP contribution in [0, 0.1) is 0 Å². The molecule has 0 saturated carbocycles. The molecule has 1 rings (SSSR count). The Kier molecular flexibility index (Phi) is 3.26. The first-order valence-corrected chi connectivity index (χ1v) is 4.23. The van der Waals surface area contributed by atoms with Gasteiger partial charge in [-0.15, -0.1) is 6.58 Å². The second-order valence-corrected chi connectivity index (χ2v) is 3.17. The maximum Gasteiger partial charge on any atom is 0.0718 e. The number of benzene rings is 1. The standard InChI is InChI=1S/C10H11OSi/c1-8(12)10-6-4-3-5-9(10)7-11-2/h3-6H,1,7H2,2H3. The fourth-order valence-electron chi connectivity index (χ4n) is 1.10. The van der Waals surface area contributed by atoms with Crippen LogP contribution in [0.15, 0.2) is 30.8 Å². The van der Waals surface area contributed by atoms with Crippen LogP contribution >= 0.6 is 0 Å². The molecule has 0 fully saturated rings. The zero-order valence-electron chi connectivity index (χ0n) is 7.13. The van der Waals surface area contributed by atoms with E-state index in [-0.39, 0.29) is 0 Å². The Morgan fingerprint density at radius 1 is 1.50 bits per heavy atom. The average Bonchev–Trinajstić information content (AvgIpc) is 2.05. The summed E-state index contributed by atoms with van der Waals surface area (Å²) in [6, 6.07) is 8.03. The zero-order valence-corrected chi connectivity index (χ0v) is 8.13. The van der Waals surface area contributed by atoms with Gasteiger partial charge >= 0.3 is 0 Å². The van der Waals surface area contributed by atoms with Crippen molar-refractivity contribution in [1.29, 1.82) is 0 Å². The quantitative estimate of drug-likeness (QED) is 0.638. The molecule has 0 spiro atoms. The van der Waals surface area contributed by atoms with E-state index in [0.29, 0.717) is 6.61 Å². The molecule has 0 bridgehead atoms. The molecule has 0 aliphatic heterocycles. The largest absolute Gasteiger partial charge is 0.380 e. The van der Waals surface area contributed by atoms with Gasteiger partial charge in [-0.1, -0.05) is 29.5 Å². The maximum atomic E-state index is 5.06. The van der Waals surface area contributed by atoms with Crippen LogP contribution < -0.4 is 0 Å². The first-order chi connectivity index (χ1) is 5.75. The summed E-state index contributed by atoms with van der Waals surface area (Å²) in [5.74, 6) is 0. The van der Waals surface area contributed by atoms with Crippen LogP contribution in [-0.2, 0) is 11.3 Å². The summed E-state index contributed by atoms with van der Waals surface area (Å²) in [7, 11) is 5.09. The Labute approximate surface area is 76.5 Å². The molecule has 1 aromatic rings. The molecule has 61 valence electrons. The number of ether oxygens (including phenoxy) is 1. The van der Waals surface area contributed by atoms with E-state index in [0.717, 1.165) is 16.3 Å². The molecule has 2 heteroatoms. The molecule has 0 saturated heterocycles. The van der Waals surface area contributed by atoms with Crippen molar-refractivity contribution in [2.24, 2.45) is 0 Å². The van der Waals surface area contributed by atoms with Gasteiger partial charge in [-0.25, -0.2) is 0 Å². The van der Waals surface area contributed by atoms with E-state index in [2.05, 4.69) is 16.8 Å². The van der Waals surface area contributed by atoms with Crippen molar-refractivity contribution in [3.63, 3.8) is 0 Å². The van der Waals surface area contributed by atoms with E-state index in [1.165, 1.54) is 0 Å². The summed E-state index contributed by atoms with van der Waals surface area (Å²) in [5.41, 5.74) is 2.26. The summed E-state index contributed by atoms with van der Waals surface area (Å²) in [5, 5.41) is 0.891. The van der Waals surface area contributed by atoms with Crippen LogP contribution in [0.25, 0.3) is 5.20 Å². The highest BCUT2D eigenvalue weighted by Gasteiger charge is 2.00. The molecule has 3 radical (unpaired) electrons. The average molecular weight is 175 g/mol. The van der Waals surface area contributed by atoms with Gasteiger partial charge < -0.3 is 4.74 Å². The van der Waals surface area contributed by atoms with Gasteiger partial charge in [-0.3, -0.25) is 0 Å². The predicted octanol–water partition coefficient (Wildman–Crippen LogP) is 1.97. The molecule has 0 aliphatic carbocycles. The number of methoxy groups -OCH3 is 1. The smallest absolute Gasteiger partial charge is 0.0718 e. The lowest BCUT2D eigenvalue weighted by molar-refractivity contribution is 0.184. The topological polar surface area (TPSA) is 9.23 Å². The van der Waals surface area contributed by atoms with Crippen LogP contribution in [0.4, 0.5) is 0 Å². The minimum absolute atomic E-state index is 0.625. The van der Waals surface area contributed by atoms with Gasteiger partial charge in [-0.2, -0.15) is 0 Å². The molecule has 12 heavy (non-hydrogen) atoms. The Balaban J connectivity index is 3.00. The van der Waals surface area contributed by atoms with Crippen LogP contribution in [0.2, 0.25) is 0 Å². The van der Waals surface area contributed by atoms with Gasteiger partial charge in [0.05, 0.1) is 16.8 Å². The van der Waals surface area contributed by atoms with E-state index < -0.39 is 0 Å². The van der Waals surface area contributed by atoms with Gasteiger partial charge in [0.25, 0.3) is 0 Å². The van der Waals surface area contributed by atoms with Crippen molar-refractivity contribution >= 4 is 15.4 Å². The molecule has 0 unspecified atom stereocenters. The maximum absolute atomic E-state index is 5.06. The predicted molar refractivity (Wildman–Crippen MR) is 51.9 cm³/mol. The van der Waals surface area contributed by atoms with Crippen LogP contribution in [0.5, 0.6) is 0 Å². The van der Waals surface area contributed by atoms with E-state index in [4.69, 9.17) is 4.74 Å². The zero-order chi connectivity index (χ0) is 8.97. The summed E-state index contributed by atoms with van der Waals surface area (Å²) in [6.07, 6.45) is 0. The van der Waals surface area contributed by atoms with E-state index in [9.17, 15) is 0 Å². The highest BCUT2D eigenvalue weighted by molar-refractivity contribution is 6.41. The highest BCUT2D eigenvalue weighted by atomic mass is 28.1. The third-order valence-electron chi connectivity index (χ3n) is 1.64. The normalized spacial score (nSPS) is 9.83. The fraction of sp³-hybridized carbons (Fsp3) is 0.200. The van der Waals surface area contributed by atoms with Crippen molar-refractivity contribution in [1.82, 2.24) is 0 Å². The molecule has 0 aromatic heterocycles. The summed E-state index contributed by atoms with van der Waals surface area (Å²) >= 11 is 0. The van der Waals surface area contributed by atoms with Crippen LogP contribution in [0.3, 0.4) is 0 Å². The SMILES string of the molecule is C=C([Si])c1ccccc1COC. The van der Waals surface area contributed by atoms with Gasteiger partial charge in [-0.05, 0) is 11.1 Å². The monoisotopic (exact) mass is 175 g/mol. The Morgan fingerprint density at radius 2 is 2.17 bits per heavy atom. The summed E-state index contributed by atoms with van der Waals surface area (Å²) in [6.45, 7) is 4.45. The van der Waals surface area contributed by atoms with Gasteiger partial charge in [0.1, 0.15) is 0 Å². The first kappa shape index (κ1) is 9.23. The summed E-state index contributed by atoms with van der Waals surface area (Å²) < 4.78 is 5.06. The lowest BCUT2D eigenvalue weighted by atomic mass is 10.1. The Morgan fingerprint density at radius 3 is 2.75 bits per heavy atom. The lowest BCUT2D eigenvalue weighted by Crippen LogP contribution is -1.94. The van der Waals surface area contributed by atoms with Gasteiger partial charge in [0, 0.05) is 7.11 Å². The number of rotatable bonds is 3. The second kappa shape index (κ2) is 4.23. The van der Waals surface area contributed by atoms with Crippen molar-refractivity contribution < 1.29 is 4.74 Å². The van der Waals surface area contributed by atoms with E-state index in [1.54, 1.807) is 7.11 Å². The van der Waals surface area contributed by atoms with Crippen LogP contribution in [-0.4, -0.2) is 17.4 Å². The van der Waals surface area contributed by atoms with Crippen molar-refractivity contribution in [3.8, 4) is 0 Å². The molecule has 0 aliphatic rings. The molecule has 0 N–H and O–H groups in total. The molecule has 1 nitrogen and oxygen atoms in total. The van der Waals surface area contributed by atoms with E-state index in [1.807, 2.05) is 24.3 Å². The summed E-state index contributed by atoms with van der Waals surface area (Å²) in [4.78, 5) is 0. The Hall–Kier alpha value is -0.863. The second-order valence-electron chi connectivity index (χ2n) is 2.57. The Bertz CT molecular complexity index is 281. The van der Waals surface area contributed by atoms with Crippen LogP contribution in [0.1, 0.15) is 11.1 Å². The minimum atomic E-state index is 0.625. The third-order valence-corrected chi connectivity index (χ3v) is 1.91. The number of hydrogen-bond acceptors (Lipinski definition) is 1. The van der Waals surface area contributed by atoms with E-state index >= 15 is 0 Å². The number of hydrogen-bond donors (Lipinski definition) is 0. The molecular formula is C10H11OSi. The molecular weight excluding hydrogens is 164 g/mol. The molecule has 0 heterocycles. The molecule has 1 aromatic carbocycles. The van der Waals surface area contributed by atoms with Crippen molar-refractivity contribution in [2.45, 2.75) is 6.61 Å². The van der Waals surface area contributed by atoms with Gasteiger partial charge in [0.2, 0.25) is 0 Å². The molecule has 0 amide bonds. The highest BCUT2D eigenvalue weighted by Crippen LogP contribution is 2.15. The van der Waals surface area contributed by atoms with Crippen molar-refractivity contribution in [3.05, 3.63) is 42.0 Å². The lowest BCUT2D eigenvalue weighted by Gasteiger charge is -2.07. The minimum Gasteiger partial charge on any atom is -0.380 e. The molecule has 0 atom stereocenters. The fourth-order valence-corrected chi connectivity index (χ4v) is 1.34. The first-order valence-electron chi connectivity index (χ1n) is 3.73. The van der Waals surface area contributed by atoms with Gasteiger partial charge in [0.15, 0.2) is 0 Å². The third kappa shape index (κ3) is 2.06.